The highest BCUT2D eigenvalue weighted by atomic mass is 32.1. The normalized spacial score (nSPS) is 11.3. The molecule has 0 aliphatic heterocycles. The molecule has 232 valence electrons. The van der Waals surface area contributed by atoms with E-state index in [0.717, 1.165) is 22.7 Å². The maximum atomic E-state index is 2.37. The lowest BCUT2D eigenvalue weighted by Crippen LogP contribution is -2.09. The number of hydrogen-bond acceptors (Lipinski definition) is 2. The summed E-state index contributed by atoms with van der Waals surface area (Å²) < 4.78 is 2.37. The van der Waals surface area contributed by atoms with Gasteiger partial charge in [-0.25, -0.2) is 0 Å². The molecule has 49 heavy (non-hydrogen) atoms. The molecule has 0 atom stereocenters. The molecule has 0 radical (unpaired) electrons. The van der Waals surface area contributed by atoms with Crippen LogP contribution < -0.4 is 4.90 Å². The number of anilines is 3. The van der Waals surface area contributed by atoms with Gasteiger partial charge in [0.2, 0.25) is 0 Å². The summed E-state index contributed by atoms with van der Waals surface area (Å²) in [4.78, 5) is 4.92. The smallest absolute Gasteiger partial charge is 0.0542 e. The van der Waals surface area contributed by atoms with Gasteiger partial charge in [-0.1, -0.05) is 121 Å². The van der Waals surface area contributed by atoms with Gasteiger partial charge < -0.3 is 9.47 Å². The Balaban J connectivity index is 1.16. The van der Waals surface area contributed by atoms with Crippen LogP contribution in [0.1, 0.15) is 0 Å². The van der Waals surface area contributed by atoms with Crippen LogP contribution in [0.5, 0.6) is 0 Å². The molecular formula is C46H32N2S. The minimum atomic E-state index is 1.11. The van der Waals surface area contributed by atoms with E-state index in [0.29, 0.717) is 0 Å². The highest BCUT2D eigenvalue weighted by Crippen LogP contribution is 2.41. The first kappa shape index (κ1) is 29.0. The molecular weight excluding hydrogens is 613 g/mol. The van der Waals surface area contributed by atoms with E-state index in [4.69, 9.17) is 0 Å². The van der Waals surface area contributed by atoms with E-state index in [1.54, 1.807) is 0 Å². The second-order valence-corrected chi connectivity index (χ2v) is 13.3. The van der Waals surface area contributed by atoms with Crippen molar-refractivity contribution in [2.24, 2.45) is 0 Å². The summed E-state index contributed by atoms with van der Waals surface area (Å²) in [5, 5.41) is 2.47. The predicted octanol–water partition coefficient (Wildman–Crippen LogP) is 13.3. The van der Waals surface area contributed by atoms with Crippen molar-refractivity contribution in [1.82, 2.24) is 4.57 Å². The van der Waals surface area contributed by atoms with Gasteiger partial charge in [0, 0.05) is 43.3 Å². The molecule has 0 spiro atoms. The fourth-order valence-electron chi connectivity index (χ4n) is 6.86. The van der Waals surface area contributed by atoms with Crippen LogP contribution in [0.15, 0.2) is 194 Å². The van der Waals surface area contributed by atoms with Gasteiger partial charge in [-0.05, 0) is 95.1 Å². The van der Waals surface area contributed by atoms with E-state index in [-0.39, 0.29) is 0 Å². The summed E-state index contributed by atoms with van der Waals surface area (Å²) >= 11 is 1.83. The van der Waals surface area contributed by atoms with Gasteiger partial charge >= 0.3 is 0 Å². The van der Waals surface area contributed by atoms with E-state index in [1.165, 1.54) is 53.8 Å². The molecule has 0 bridgehead atoms. The Bertz CT molecular complexity index is 2510. The summed E-state index contributed by atoms with van der Waals surface area (Å²) in [5.74, 6) is 0. The summed E-state index contributed by atoms with van der Waals surface area (Å²) in [6.45, 7) is 0. The zero-order chi connectivity index (χ0) is 32.6. The topological polar surface area (TPSA) is 8.17 Å². The lowest BCUT2D eigenvalue weighted by Gasteiger charge is -2.26. The number of benzene rings is 7. The van der Waals surface area contributed by atoms with Crippen LogP contribution in [0.2, 0.25) is 0 Å². The van der Waals surface area contributed by atoms with Crippen molar-refractivity contribution in [3.8, 4) is 37.7 Å². The number of nitrogens with zero attached hydrogens (tertiary/aromatic N) is 2. The van der Waals surface area contributed by atoms with Crippen LogP contribution in [0.4, 0.5) is 17.1 Å². The minimum absolute atomic E-state index is 1.11. The molecule has 2 heterocycles. The molecule has 0 fully saturated rings. The Morgan fingerprint density at radius 3 is 1.47 bits per heavy atom. The number of rotatable bonds is 7. The first-order valence-electron chi connectivity index (χ1n) is 16.6. The largest absolute Gasteiger partial charge is 0.310 e. The second kappa shape index (κ2) is 12.5. The fraction of sp³-hybridized carbons (Fsp3) is 0. The van der Waals surface area contributed by atoms with Gasteiger partial charge in [0.05, 0.1) is 11.0 Å². The molecule has 7 aromatic carbocycles. The van der Waals surface area contributed by atoms with E-state index in [2.05, 4.69) is 204 Å². The van der Waals surface area contributed by atoms with Crippen LogP contribution in [0.3, 0.4) is 0 Å². The summed E-state index contributed by atoms with van der Waals surface area (Å²) in [6.07, 6.45) is 0. The molecule has 0 N–H and O–H groups in total. The molecule has 2 nitrogen and oxygen atoms in total. The number of fused-ring (bicyclic) bond motifs is 3. The average molecular weight is 645 g/mol. The first-order chi connectivity index (χ1) is 24.3. The maximum Gasteiger partial charge on any atom is 0.0542 e. The number of hydrogen-bond donors (Lipinski definition) is 0. The van der Waals surface area contributed by atoms with Crippen molar-refractivity contribution in [2.45, 2.75) is 0 Å². The fourth-order valence-corrected chi connectivity index (χ4v) is 7.88. The summed E-state index contributed by atoms with van der Waals surface area (Å²) in [5.41, 5.74) is 11.8. The van der Waals surface area contributed by atoms with Crippen molar-refractivity contribution < 1.29 is 0 Å². The van der Waals surface area contributed by atoms with Gasteiger partial charge in [-0.2, -0.15) is 0 Å². The highest BCUT2D eigenvalue weighted by Gasteiger charge is 2.18. The number of thiophene rings is 1. The lowest BCUT2D eigenvalue weighted by molar-refractivity contribution is 1.18. The van der Waals surface area contributed by atoms with Crippen molar-refractivity contribution in [3.63, 3.8) is 0 Å². The van der Waals surface area contributed by atoms with Gasteiger partial charge in [-0.3, -0.25) is 0 Å². The second-order valence-electron chi connectivity index (χ2n) is 12.2. The van der Waals surface area contributed by atoms with Gasteiger partial charge in [-0.15, -0.1) is 11.3 Å². The summed E-state index contributed by atoms with van der Waals surface area (Å²) in [6, 6.07) is 69.8. The number of para-hydroxylation sites is 2. The van der Waals surface area contributed by atoms with Crippen LogP contribution in [0.25, 0.3) is 59.5 Å². The van der Waals surface area contributed by atoms with Crippen LogP contribution >= 0.6 is 11.3 Å². The van der Waals surface area contributed by atoms with Crippen LogP contribution in [0, 0.1) is 0 Å². The molecule has 0 saturated carbocycles. The predicted molar refractivity (Wildman–Crippen MR) is 210 cm³/mol. The molecule has 0 aliphatic carbocycles. The van der Waals surface area contributed by atoms with E-state index in [1.807, 2.05) is 11.3 Å². The average Bonchev–Trinajstić information content (AvgIpc) is 3.80. The Kier molecular flexibility index (Phi) is 7.38. The van der Waals surface area contributed by atoms with Gasteiger partial charge in [0.1, 0.15) is 0 Å². The van der Waals surface area contributed by atoms with Crippen molar-refractivity contribution in [2.75, 3.05) is 4.90 Å². The monoisotopic (exact) mass is 644 g/mol. The Morgan fingerprint density at radius 1 is 0.347 bits per heavy atom. The molecule has 0 saturated heterocycles. The molecule has 0 unspecified atom stereocenters. The number of aromatic nitrogens is 1. The zero-order valence-electron chi connectivity index (χ0n) is 26.8. The van der Waals surface area contributed by atoms with Crippen LogP contribution in [-0.4, -0.2) is 4.57 Å². The molecule has 3 heteroatoms. The standard InChI is InChI=1S/C46H32N2S/c1-4-12-33(13-5-1)34-20-24-38(25-21-34)47(39-26-22-36(23-27-39)46-31-30-45(49-46)35-14-6-2-7-15-35)40-28-29-44-42(32-40)41-18-10-11-19-43(41)48(44)37-16-8-3-9-17-37/h1-32H. The van der Waals surface area contributed by atoms with Gasteiger partial charge in [0.15, 0.2) is 0 Å². The third kappa shape index (κ3) is 5.41. The SMILES string of the molecule is c1ccc(-c2ccc(N(c3ccc(-c4ccc(-c5ccccc5)s4)cc3)c3ccc4c(c3)c3ccccc3n4-c3ccccc3)cc2)cc1. The highest BCUT2D eigenvalue weighted by molar-refractivity contribution is 7.18. The Morgan fingerprint density at radius 2 is 0.816 bits per heavy atom. The molecule has 0 aliphatic rings. The zero-order valence-corrected chi connectivity index (χ0v) is 27.6. The molecule has 0 amide bonds. The maximum absolute atomic E-state index is 2.37. The molecule has 9 rings (SSSR count). The first-order valence-corrected chi connectivity index (χ1v) is 17.4. The Hall–Kier alpha value is -6.16. The minimum Gasteiger partial charge on any atom is -0.310 e. The van der Waals surface area contributed by atoms with Gasteiger partial charge in [0.25, 0.3) is 0 Å². The van der Waals surface area contributed by atoms with Crippen molar-refractivity contribution in [1.29, 1.82) is 0 Å². The van der Waals surface area contributed by atoms with Crippen molar-refractivity contribution >= 4 is 50.2 Å². The summed E-state index contributed by atoms with van der Waals surface area (Å²) in [7, 11) is 0. The van der Waals surface area contributed by atoms with E-state index in [9.17, 15) is 0 Å². The molecule has 2 aromatic heterocycles. The van der Waals surface area contributed by atoms with E-state index >= 15 is 0 Å². The Labute approximate surface area is 290 Å². The van der Waals surface area contributed by atoms with E-state index < -0.39 is 0 Å². The van der Waals surface area contributed by atoms with Crippen LogP contribution in [-0.2, 0) is 0 Å². The lowest BCUT2D eigenvalue weighted by atomic mass is 10.0. The third-order valence-electron chi connectivity index (χ3n) is 9.24. The molecule has 9 aromatic rings. The quantitative estimate of drug-likeness (QED) is 0.168. The third-order valence-corrected chi connectivity index (χ3v) is 10.4. The van der Waals surface area contributed by atoms with Crippen molar-refractivity contribution in [3.05, 3.63) is 194 Å².